The molecular formula is C27H31N5O3. The third kappa shape index (κ3) is 5.77. The van der Waals surface area contributed by atoms with E-state index in [1.165, 1.54) is 0 Å². The summed E-state index contributed by atoms with van der Waals surface area (Å²) < 4.78 is 5.17. The van der Waals surface area contributed by atoms with E-state index < -0.39 is 0 Å². The van der Waals surface area contributed by atoms with E-state index in [1.807, 2.05) is 61.2 Å². The highest BCUT2D eigenvalue weighted by atomic mass is 16.5. The molecule has 1 fully saturated rings. The fraction of sp³-hybridized carbons (Fsp3) is 0.333. The van der Waals surface area contributed by atoms with Gasteiger partial charge in [-0.15, -0.1) is 10.2 Å². The Morgan fingerprint density at radius 3 is 2.17 bits per heavy atom. The van der Waals surface area contributed by atoms with E-state index in [2.05, 4.69) is 15.1 Å². The lowest BCUT2D eigenvalue weighted by atomic mass is 10.1. The molecule has 0 spiro atoms. The quantitative estimate of drug-likeness (QED) is 0.524. The van der Waals surface area contributed by atoms with E-state index in [1.54, 1.807) is 36.3 Å². The maximum atomic E-state index is 13.1. The number of hydrogen-bond acceptors (Lipinski definition) is 6. The minimum Gasteiger partial charge on any atom is -0.497 e. The van der Waals surface area contributed by atoms with Gasteiger partial charge in [-0.2, -0.15) is 0 Å². The van der Waals surface area contributed by atoms with Crippen LogP contribution in [0.4, 0.5) is 5.82 Å². The van der Waals surface area contributed by atoms with Crippen LogP contribution in [-0.2, 0) is 4.79 Å². The highest BCUT2D eigenvalue weighted by Crippen LogP contribution is 2.20. The number of rotatable bonds is 7. The fourth-order valence-corrected chi connectivity index (χ4v) is 4.08. The van der Waals surface area contributed by atoms with Crippen molar-refractivity contribution in [3.8, 4) is 17.0 Å². The Kier molecular flexibility index (Phi) is 7.60. The van der Waals surface area contributed by atoms with Gasteiger partial charge < -0.3 is 19.4 Å². The Morgan fingerprint density at radius 2 is 1.60 bits per heavy atom. The molecule has 2 heterocycles. The highest BCUT2D eigenvalue weighted by molar-refractivity contribution is 5.96. The third-order valence-corrected chi connectivity index (χ3v) is 6.20. The Balaban J connectivity index is 1.34. The molecule has 0 N–H and O–H groups in total. The number of aromatic nitrogens is 2. The Morgan fingerprint density at radius 1 is 0.914 bits per heavy atom. The van der Waals surface area contributed by atoms with Gasteiger partial charge >= 0.3 is 0 Å². The van der Waals surface area contributed by atoms with E-state index in [-0.39, 0.29) is 24.4 Å². The molecule has 2 aromatic carbocycles. The minimum absolute atomic E-state index is 0.0497. The summed E-state index contributed by atoms with van der Waals surface area (Å²) in [7, 11) is 1.59. The van der Waals surface area contributed by atoms with Gasteiger partial charge in [0.15, 0.2) is 5.82 Å². The second-order valence-corrected chi connectivity index (χ2v) is 8.77. The molecular weight excluding hydrogens is 442 g/mol. The third-order valence-electron chi connectivity index (χ3n) is 6.20. The molecule has 0 unspecified atom stereocenters. The van der Waals surface area contributed by atoms with Crippen LogP contribution in [0.15, 0.2) is 66.7 Å². The van der Waals surface area contributed by atoms with Gasteiger partial charge in [0.1, 0.15) is 12.3 Å². The summed E-state index contributed by atoms with van der Waals surface area (Å²) in [5.41, 5.74) is 2.40. The molecule has 8 heteroatoms. The van der Waals surface area contributed by atoms with E-state index in [9.17, 15) is 9.59 Å². The maximum Gasteiger partial charge on any atom is 0.254 e. The molecule has 8 nitrogen and oxygen atoms in total. The second kappa shape index (κ2) is 11.0. The van der Waals surface area contributed by atoms with Crippen molar-refractivity contribution >= 4 is 17.6 Å². The summed E-state index contributed by atoms with van der Waals surface area (Å²) in [6.45, 7) is 6.37. The van der Waals surface area contributed by atoms with E-state index in [0.29, 0.717) is 37.5 Å². The summed E-state index contributed by atoms with van der Waals surface area (Å²) >= 11 is 0. The van der Waals surface area contributed by atoms with Crippen molar-refractivity contribution < 1.29 is 14.3 Å². The smallest absolute Gasteiger partial charge is 0.254 e. The normalized spacial score (nSPS) is 13.6. The van der Waals surface area contributed by atoms with Crippen molar-refractivity contribution in [3.05, 3.63) is 72.3 Å². The molecule has 1 saturated heterocycles. The van der Waals surface area contributed by atoms with Crippen LogP contribution in [0.1, 0.15) is 24.2 Å². The summed E-state index contributed by atoms with van der Waals surface area (Å²) in [5, 5.41) is 8.77. The summed E-state index contributed by atoms with van der Waals surface area (Å²) in [6, 6.07) is 20.7. The molecule has 3 aromatic rings. The molecule has 182 valence electrons. The lowest BCUT2D eigenvalue weighted by molar-refractivity contribution is -0.132. The summed E-state index contributed by atoms with van der Waals surface area (Å²) in [6.07, 6.45) is 0. The number of anilines is 1. The standard InChI is InChI=1S/C27H31N5O3/c1-20(2)32(27(34)22-9-11-23(35-3)12-10-22)19-26(33)31-17-15-30(16-18-31)25-14-13-24(28-29-25)21-7-5-4-6-8-21/h4-14,20H,15-19H2,1-3H3. The largest absolute Gasteiger partial charge is 0.497 e. The first-order valence-corrected chi connectivity index (χ1v) is 11.8. The van der Waals surface area contributed by atoms with Gasteiger partial charge in [0.25, 0.3) is 5.91 Å². The van der Waals surface area contributed by atoms with Crippen LogP contribution in [0.5, 0.6) is 5.75 Å². The summed E-state index contributed by atoms with van der Waals surface area (Å²) in [4.78, 5) is 31.7. The average molecular weight is 474 g/mol. The zero-order chi connectivity index (χ0) is 24.8. The van der Waals surface area contributed by atoms with Crippen LogP contribution >= 0.6 is 0 Å². The molecule has 0 saturated carbocycles. The molecule has 1 aliphatic rings. The molecule has 35 heavy (non-hydrogen) atoms. The zero-order valence-electron chi connectivity index (χ0n) is 20.4. The molecule has 0 bridgehead atoms. The number of ether oxygens (including phenoxy) is 1. The number of carbonyl (C=O) groups excluding carboxylic acids is 2. The highest BCUT2D eigenvalue weighted by Gasteiger charge is 2.27. The van der Waals surface area contributed by atoms with Crippen molar-refractivity contribution in [1.29, 1.82) is 0 Å². The Labute approximate surface area is 206 Å². The topological polar surface area (TPSA) is 78.9 Å². The van der Waals surface area contributed by atoms with Crippen molar-refractivity contribution in [2.75, 3.05) is 44.7 Å². The van der Waals surface area contributed by atoms with Crippen molar-refractivity contribution in [1.82, 2.24) is 20.0 Å². The number of piperazine rings is 1. The number of hydrogen-bond donors (Lipinski definition) is 0. The lowest BCUT2D eigenvalue weighted by Gasteiger charge is -2.36. The average Bonchev–Trinajstić information content (AvgIpc) is 2.92. The van der Waals surface area contributed by atoms with Crippen LogP contribution in [0.2, 0.25) is 0 Å². The van der Waals surface area contributed by atoms with Gasteiger partial charge in [-0.1, -0.05) is 30.3 Å². The lowest BCUT2D eigenvalue weighted by Crippen LogP contribution is -2.53. The van der Waals surface area contributed by atoms with Gasteiger partial charge in [-0.25, -0.2) is 0 Å². The monoisotopic (exact) mass is 473 g/mol. The van der Waals surface area contributed by atoms with Gasteiger partial charge in [0, 0.05) is 43.3 Å². The van der Waals surface area contributed by atoms with Crippen LogP contribution < -0.4 is 9.64 Å². The van der Waals surface area contributed by atoms with Crippen molar-refractivity contribution in [2.24, 2.45) is 0 Å². The predicted molar refractivity (Wildman–Crippen MR) is 135 cm³/mol. The Hall–Kier alpha value is -3.94. The molecule has 4 rings (SSSR count). The first kappa shape index (κ1) is 24.2. The second-order valence-electron chi connectivity index (χ2n) is 8.77. The molecule has 2 amide bonds. The molecule has 0 atom stereocenters. The molecule has 0 radical (unpaired) electrons. The van der Waals surface area contributed by atoms with Gasteiger partial charge in [0.05, 0.1) is 12.8 Å². The van der Waals surface area contributed by atoms with E-state index in [0.717, 1.165) is 17.1 Å². The number of carbonyl (C=O) groups is 2. The molecule has 0 aliphatic carbocycles. The zero-order valence-corrected chi connectivity index (χ0v) is 20.4. The number of nitrogens with zero attached hydrogens (tertiary/aromatic N) is 5. The Bertz CT molecular complexity index is 1130. The van der Waals surface area contributed by atoms with E-state index >= 15 is 0 Å². The van der Waals surface area contributed by atoms with Gasteiger partial charge in [-0.05, 0) is 50.2 Å². The predicted octanol–water partition coefficient (Wildman–Crippen LogP) is 3.35. The van der Waals surface area contributed by atoms with Crippen LogP contribution in [-0.4, -0.2) is 77.7 Å². The number of amides is 2. The summed E-state index contributed by atoms with van der Waals surface area (Å²) in [5.74, 6) is 1.27. The van der Waals surface area contributed by atoms with E-state index in [4.69, 9.17) is 4.74 Å². The first-order valence-electron chi connectivity index (χ1n) is 11.8. The van der Waals surface area contributed by atoms with Crippen molar-refractivity contribution in [3.63, 3.8) is 0 Å². The van der Waals surface area contributed by atoms with Crippen LogP contribution in [0.3, 0.4) is 0 Å². The van der Waals surface area contributed by atoms with Crippen LogP contribution in [0, 0.1) is 0 Å². The maximum absolute atomic E-state index is 13.1. The van der Waals surface area contributed by atoms with Crippen molar-refractivity contribution in [2.45, 2.75) is 19.9 Å². The number of methoxy groups -OCH3 is 1. The minimum atomic E-state index is -0.164. The van der Waals surface area contributed by atoms with Gasteiger partial charge in [-0.3, -0.25) is 9.59 Å². The van der Waals surface area contributed by atoms with Crippen LogP contribution in [0.25, 0.3) is 11.3 Å². The number of benzene rings is 2. The molecule has 1 aliphatic heterocycles. The first-order chi connectivity index (χ1) is 17.0. The fourth-order valence-electron chi connectivity index (χ4n) is 4.08. The molecule has 1 aromatic heterocycles. The van der Waals surface area contributed by atoms with Gasteiger partial charge in [0.2, 0.25) is 5.91 Å². The SMILES string of the molecule is COc1ccc(C(=O)N(CC(=O)N2CCN(c3ccc(-c4ccccc4)nn3)CC2)C(C)C)cc1.